The van der Waals surface area contributed by atoms with Gasteiger partial charge in [0.25, 0.3) is 0 Å². The van der Waals surface area contributed by atoms with Gasteiger partial charge >= 0.3 is 6.18 Å². The first kappa shape index (κ1) is 14.7. The van der Waals surface area contributed by atoms with Gasteiger partial charge < -0.3 is 11.1 Å². The van der Waals surface area contributed by atoms with Gasteiger partial charge in [0, 0.05) is 11.9 Å². The molecule has 3 rings (SSSR count). The number of nitrogens with two attached hydrogens (primary N) is 1. The number of benzene rings is 1. The average Bonchev–Trinajstić information content (AvgIpc) is 2.46. The van der Waals surface area contributed by atoms with Gasteiger partial charge in [-0.3, -0.25) is 0 Å². The summed E-state index contributed by atoms with van der Waals surface area (Å²) in [5, 5.41) is 2.96. The van der Waals surface area contributed by atoms with E-state index >= 15 is 0 Å². The number of hydrogen-bond donors (Lipinski definition) is 2. The Balaban J connectivity index is 1.93. The molecule has 0 bridgehead atoms. The minimum absolute atomic E-state index is 0.121. The van der Waals surface area contributed by atoms with Crippen LogP contribution in [-0.4, -0.2) is 4.98 Å². The number of pyridine rings is 1. The van der Waals surface area contributed by atoms with Crippen molar-refractivity contribution in [1.82, 2.24) is 4.98 Å². The smallest absolute Gasteiger partial charge is 0.399 e. The van der Waals surface area contributed by atoms with E-state index in [1.807, 2.05) is 12.1 Å². The van der Waals surface area contributed by atoms with Crippen LogP contribution in [0.4, 0.5) is 24.7 Å². The first-order valence-corrected chi connectivity index (χ1v) is 7.12. The van der Waals surface area contributed by atoms with Crippen LogP contribution in [0.2, 0.25) is 0 Å². The van der Waals surface area contributed by atoms with E-state index in [-0.39, 0.29) is 11.9 Å². The summed E-state index contributed by atoms with van der Waals surface area (Å²) in [5.41, 5.74) is 7.81. The Morgan fingerprint density at radius 2 is 2.05 bits per heavy atom. The van der Waals surface area contributed by atoms with Gasteiger partial charge in [-0.2, -0.15) is 13.2 Å². The van der Waals surface area contributed by atoms with Gasteiger partial charge in [0.05, 0.1) is 11.6 Å². The third-order valence-electron chi connectivity index (χ3n) is 3.91. The van der Waals surface area contributed by atoms with Crippen LogP contribution in [0.15, 0.2) is 36.5 Å². The van der Waals surface area contributed by atoms with Crippen molar-refractivity contribution in [3.05, 3.63) is 53.2 Å². The van der Waals surface area contributed by atoms with Gasteiger partial charge in [-0.15, -0.1) is 0 Å². The van der Waals surface area contributed by atoms with E-state index in [0.717, 1.165) is 36.5 Å². The average molecular weight is 307 g/mol. The van der Waals surface area contributed by atoms with Crippen LogP contribution in [0.1, 0.15) is 35.6 Å². The van der Waals surface area contributed by atoms with Gasteiger partial charge in [-0.25, -0.2) is 4.98 Å². The highest BCUT2D eigenvalue weighted by molar-refractivity contribution is 5.52. The predicted molar refractivity (Wildman–Crippen MR) is 79.4 cm³/mol. The zero-order valence-electron chi connectivity index (χ0n) is 11.8. The number of nitrogens with zero attached hydrogens (tertiary/aromatic N) is 1. The number of fused-ring (bicyclic) bond motifs is 1. The molecule has 0 spiro atoms. The maximum Gasteiger partial charge on any atom is 0.419 e. The Morgan fingerprint density at radius 1 is 1.23 bits per heavy atom. The summed E-state index contributed by atoms with van der Waals surface area (Å²) in [4.78, 5) is 3.87. The van der Waals surface area contributed by atoms with Crippen molar-refractivity contribution in [1.29, 1.82) is 0 Å². The molecular formula is C16H16F3N3. The maximum atomic E-state index is 13.1. The number of aromatic nitrogens is 1. The highest BCUT2D eigenvalue weighted by Gasteiger charge is 2.35. The number of nitrogens with one attached hydrogen (secondary N) is 1. The molecule has 22 heavy (non-hydrogen) atoms. The van der Waals surface area contributed by atoms with Gasteiger partial charge in [0.2, 0.25) is 0 Å². The van der Waals surface area contributed by atoms with Crippen LogP contribution in [0.25, 0.3) is 0 Å². The normalized spacial score (nSPS) is 17.9. The van der Waals surface area contributed by atoms with Crippen molar-refractivity contribution in [2.45, 2.75) is 31.5 Å². The second-order valence-electron chi connectivity index (χ2n) is 5.44. The molecule has 1 unspecified atom stereocenters. The highest BCUT2D eigenvalue weighted by atomic mass is 19.4. The predicted octanol–water partition coefficient (Wildman–Crippen LogP) is 4.17. The maximum absolute atomic E-state index is 13.1. The molecule has 1 aliphatic rings. The second-order valence-corrected chi connectivity index (χ2v) is 5.44. The Bertz CT molecular complexity index is 683. The highest BCUT2D eigenvalue weighted by Crippen LogP contribution is 2.37. The van der Waals surface area contributed by atoms with Crippen LogP contribution in [0.5, 0.6) is 0 Å². The summed E-state index contributed by atoms with van der Waals surface area (Å²) in [6.07, 6.45) is -0.487. The van der Waals surface area contributed by atoms with Crippen LogP contribution in [-0.2, 0) is 12.6 Å². The van der Waals surface area contributed by atoms with Gasteiger partial charge in [0.15, 0.2) is 0 Å². The Kier molecular flexibility index (Phi) is 3.68. The molecular weight excluding hydrogens is 291 g/mol. The molecule has 3 nitrogen and oxygen atoms in total. The van der Waals surface area contributed by atoms with Crippen molar-refractivity contribution in [2.75, 3.05) is 11.1 Å². The second kappa shape index (κ2) is 5.51. The lowest BCUT2D eigenvalue weighted by Crippen LogP contribution is -2.20. The van der Waals surface area contributed by atoms with Crippen LogP contribution < -0.4 is 11.1 Å². The molecule has 0 saturated heterocycles. The third-order valence-corrected chi connectivity index (χ3v) is 3.91. The van der Waals surface area contributed by atoms with Crippen molar-refractivity contribution < 1.29 is 13.2 Å². The standard InChI is InChI=1S/C16H16F3N3/c17-16(18,19)13-4-2-8-21-15(13)22-14-5-1-3-10-9-11(20)6-7-12(10)14/h2,4,6-9,14H,1,3,5,20H2,(H,21,22). The van der Waals surface area contributed by atoms with Gasteiger partial charge in [-0.05, 0) is 54.7 Å². The number of aryl methyl sites for hydroxylation is 1. The number of alkyl halides is 3. The van der Waals surface area contributed by atoms with Crippen LogP contribution in [0.3, 0.4) is 0 Å². The molecule has 0 saturated carbocycles. The summed E-state index contributed by atoms with van der Waals surface area (Å²) in [7, 11) is 0. The molecule has 0 radical (unpaired) electrons. The SMILES string of the molecule is Nc1ccc2c(c1)CCCC2Nc1ncccc1C(F)(F)F. The minimum atomic E-state index is -4.42. The third kappa shape index (κ3) is 2.86. The van der Waals surface area contributed by atoms with Gasteiger partial charge in [0.1, 0.15) is 5.82 Å². The fraction of sp³-hybridized carbons (Fsp3) is 0.312. The van der Waals surface area contributed by atoms with Crippen molar-refractivity contribution in [2.24, 2.45) is 0 Å². The summed E-state index contributed by atoms with van der Waals surface area (Å²) in [6, 6.07) is 7.72. The van der Waals surface area contributed by atoms with E-state index in [0.29, 0.717) is 5.69 Å². The zero-order chi connectivity index (χ0) is 15.7. The number of hydrogen-bond acceptors (Lipinski definition) is 3. The molecule has 1 heterocycles. The first-order valence-electron chi connectivity index (χ1n) is 7.12. The van der Waals surface area contributed by atoms with Crippen molar-refractivity contribution in [3.8, 4) is 0 Å². The number of nitrogen functional groups attached to an aromatic ring is 1. The summed E-state index contributed by atoms with van der Waals surface area (Å²) in [6.45, 7) is 0. The quantitative estimate of drug-likeness (QED) is 0.819. The monoisotopic (exact) mass is 307 g/mol. The van der Waals surface area contributed by atoms with Crippen molar-refractivity contribution in [3.63, 3.8) is 0 Å². The lowest BCUT2D eigenvalue weighted by molar-refractivity contribution is -0.137. The zero-order valence-corrected chi connectivity index (χ0v) is 11.8. The topological polar surface area (TPSA) is 50.9 Å². The first-order chi connectivity index (χ1) is 10.4. The molecule has 116 valence electrons. The molecule has 2 aromatic rings. The van der Waals surface area contributed by atoms with Crippen LogP contribution in [0, 0.1) is 0 Å². The fourth-order valence-corrected chi connectivity index (χ4v) is 2.90. The molecule has 1 aliphatic carbocycles. The van der Waals surface area contributed by atoms with Crippen LogP contribution >= 0.6 is 0 Å². The van der Waals surface area contributed by atoms with E-state index in [2.05, 4.69) is 10.3 Å². The Morgan fingerprint density at radius 3 is 2.82 bits per heavy atom. The van der Waals surface area contributed by atoms with Crippen molar-refractivity contribution >= 4 is 11.5 Å². The molecule has 6 heteroatoms. The molecule has 0 fully saturated rings. The van der Waals surface area contributed by atoms with E-state index in [1.165, 1.54) is 12.3 Å². The summed E-state index contributed by atoms with van der Waals surface area (Å²) < 4.78 is 39.2. The molecule has 1 aromatic carbocycles. The van der Waals surface area contributed by atoms with E-state index in [1.54, 1.807) is 6.07 Å². The lowest BCUT2D eigenvalue weighted by atomic mass is 9.87. The minimum Gasteiger partial charge on any atom is -0.399 e. The lowest BCUT2D eigenvalue weighted by Gasteiger charge is -2.28. The Labute approximate surface area is 126 Å². The largest absolute Gasteiger partial charge is 0.419 e. The van der Waals surface area contributed by atoms with E-state index in [4.69, 9.17) is 5.73 Å². The van der Waals surface area contributed by atoms with E-state index < -0.39 is 11.7 Å². The number of anilines is 2. The molecule has 0 aliphatic heterocycles. The summed E-state index contributed by atoms with van der Waals surface area (Å²) >= 11 is 0. The number of halogens is 3. The van der Waals surface area contributed by atoms with E-state index in [9.17, 15) is 13.2 Å². The molecule has 1 atom stereocenters. The van der Waals surface area contributed by atoms with Gasteiger partial charge in [-0.1, -0.05) is 6.07 Å². The Hall–Kier alpha value is -2.24. The fourth-order valence-electron chi connectivity index (χ4n) is 2.90. The number of rotatable bonds is 2. The molecule has 0 amide bonds. The molecule has 1 aromatic heterocycles. The molecule has 3 N–H and O–H groups in total. The summed E-state index contributed by atoms with van der Waals surface area (Å²) in [5.74, 6) is -0.121.